The molecule has 6 heteroatoms. The molecule has 0 aliphatic rings. The molecule has 0 spiro atoms. The maximum absolute atomic E-state index is 13.7. The molecule has 2 aromatic carbocycles. The number of hydrogen-bond donors (Lipinski definition) is 1. The molecule has 1 heterocycles. The van der Waals surface area contributed by atoms with E-state index in [1.807, 2.05) is 0 Å². The van der Waals surface area contributed by atoms with E-state index in [9.17, 15) is 13.2 Å². The quantitative estimate of drug-likeness (QED) is 0.693. The lowest BCUT2D eigenvalue weighted by molar-refractivity contribution is 0.448. The number of aromatic nitrogens is 2. The van der Waals surface area contributed by atoms with Gasteiger partial charge in [0.2, 0.25) is 0 Å². The molecule has 3 nitrogen and oxygen atoms in total. The standard InChI is InChI=1S/C14H8F3N3/c15-9-6-5-8(11(16)12(9)17)14-19-10-4-2-1-3-7(10)13(18)20-14/h1-6H,(H2,18,19,20). The number of benzene rings is 2. The summed E-state index contributed by atoms with van der Waals surface area (Å²) >= 11 is 0. The zero-order chi connectivity index (χ0) is 14.3. The average molecular weight is 275 g/mol. The molecule has 0 aliphatic carbocycles. The number of anilines is 1. The fourth-order valence-corrected chi connectivity index (χ4v) is 1.92. The van der Waals surface area contributed by atoms with Crippen LogP contribution in [0.2, 0.25) is 0 Å². The Kier molecular flexibility index (Phi) is 2.78. The van der Waals surface area contributed by atoms with Gasteiger partial charge in [0.15, 0.2) is 23.3 Å². The van der Waals surface area contributed by atoms with E-state index in [0.29, 0.717) is 10.9 Å². The van der Waals surface area contributed by atoms with Crippen LogP contribution >= 0.6 is 0 Å². The Labute approximate surface area is 111 Å². The Hall–Kier alpha value is -2.63. The van der Waals surface area contributed by atoms with E-state index in [2.05, 4.69) is 9.97 Å². The van der Waals surface area contributed by atoms with Gasteiger partial charge in [-0.15, -0.1) is 0 Å². The van der Waals surface area contributed by atoms with Gasteiger partial charge >= 0.3 is 0 Å². The number of nitrogens with two attached hydrogens (primary N) is 1. The monoisotopic (exact) mass is 275 g/mol. The van der Waals surface area contributed by atoms with Gasteiger partial charge < -0.3 is 5.73 Å². The van der Waals surface area contributed by atoms with E-state index in [-0.39, 0.29) is 17.2 Å². The van der Waals surface area contributed by atoms with Crippen molar-refractivity contribution in [2.45, 2.75) is 0 Å². The molecule has 3 aromatic rings. The summed E-state index contributed by atoms with van der Waals surface area (Å²) < 4.78 is 39.9. The second-order valence-electron chi connectivity index (χ2n) is 4.17. The molecular weight excluding hydrogens is 267 g/mol. The van der Waals surface area contributed by atoms with Crippen molar-refractivity contribution < 1.29 is 13.2 Å². The molecule has 0 radical (unpaired) electrons. The number of nitrogen functional groups attached to an aromatic ring is 1. The summed E-state index contributed by atoms with van der Waals surface area (Å²) in [5.41, 5.74) is 6.04. The summed E-state index contributed by atoms with van der Waals surface area (Å²) in [7, 11) is 0. The Balaban J connectivity index is 2.28. The fraction of sp³-hybridized carbons (Fsp3) is 0. The summed E-state index contributed by atoms with van der Waals surface area (Å²) in [6.07, 6.45) is 0. The number of rotatable bonds is 1. The van der Waals surface area contributed by atoms with E-state index < -0.39 is 17.5 Å². The third kappa shape index (κ3) is 1.85. The molecule has 0 unspecified atom stereocenters. The van der Waals surface area contributed by atoms with E-state index in [4.69, 9.17) is 5.73 Å². The van der Waals surface area contributed by atoms with Crippen LogP contribution in [0.3, 0.4) is 0 Å². The van der Waals surface area contributed by atoms with Crippen molar-refractivity contribution in [3.63, 3.8) is 0 Å². The van der Waals surface area contributed by atoms with Crippen LogP contribution in [0.25, 0.3) is 22.3 Å². The molecule has 20 heavy (non-hydrogen) atoms. The minimum absolute atomic E-state index is 0.0856. The molecule has 0 saturated carbocycles. The van der Waals surface area contributed by atoms with Crippen molar-refractivity contribution in [2.24, 2.45) is 0 Å². The van der Waals surface area contributed by atoms with Crippen LogP contribution in [0.15, 0.2) is 36.4 Å². The first-order valence-electron chi connectivity index (χ1n) is 5.74. The van der Waals surface area contributed by atoms with E-state index >= 15 is 0 Å². The van der Waals surface area contributed by atoms with Gasteiger partial charge in [0.25, 0.3) is 0 Å². The SMILES string of the molecule is Nc1nc(-c2ccc(F)c(F)c2F)nc2ccccc12. The summed E-state index contributed by atoms with van der Waals surface area (Å²) in [6, 6.07) is 8.80. The van der Waals surface area contributed by atoms with Gasteiger partial charge in [0.05, 0.1) is 11.1 Å². The number of hydrogen-bond acceptors (Lipinski definition) is 3. The largest absolute Gasteiger partial charge is 0.383 e. The van der Waals surface area contributed by atoms with Crippen LogP contribution < -0.4 is 5.73 Å². The second-order valence-corrected chi connectivity index (χ2v) is 4.17. The van der Waals surface area contributed by atoms with Crippen LogP contribution in [0.5, 0.6) is 0 Å². The smallest absolute Gasteiger partial charge is 0.195 e. The van der Waals surface area contributed by atoms with Gasteiger partial charge in [-0.25, -0.2) is 23.1 Å². The zero-order valence-electron chi connectivity index (χ0n) is 10.1. The van der Waals surface area contributed by atoms with Crippen molar-refractivity contribution in [3.8, 4) is 11.4 Å². The Morgan fingerprint density at radius 1 is 0.850 bits per heavy atom. The molecule has 3 rings (SSSR count). The van der Waals surface area contributed by atoms with Gasteiger partial charge in [-0.05, 0) is 24.3 Å². The average Bonchev–Trinajstić information content (AvgIpc) is 2.45. The van der Waals surface area contributed by atoms with Gasteiger partial charge in [0.1, 0.15) is 5.82 Å². The minimum atomic E-state index is -1.56. The second kappa shape index (κ2) is 4.48. The fourth-order valence-electron chi connectivity index (χ4n) is 1.92. The molecule has 0 atom stereocenters. The topological polar surface area (TPSA) is 51.8 Å². The van der Waals surface area contributed by atoms with Crippen molar-refractivity contribution in [1.82, 2.24) is 9.97 Å². The molecule has 0 amide bonds. The van der Waals surface area contributed by atoms with Crippen molar-refractivity contribution >= 4 is 16.7 Å². The molecule has 0 bridgehead atoms. The summed E-state index contributed by atoms with van der Waals surface area (Å²) in [5, 5.41) is 0.610. The maximum Gasteiger partial charge on any atom is 0.195 e. The lowest BCUT2D eigenvalue weighted by Gasteiger charge is -2.07. The Bertz CT molecular complexity index is 818. The highest BCUT2D eigenvalue weighted by Gasteiger charge is 2.17. The number of nitrogens with zero attached hydrogens (tertiary/aromatic N) is 2. The summed E-state index contributed by atoms with van der Waals surface area (Å²) in [5.74, 6) is -4.09. The molecule has 0 fully saturated rings. The number of para-hydroxylation sites is 1. The Morgan fingerprint density at radius 3 is 2.40 bits per heavy atom. The summed E-state index contributed by atoms with van der Waals surface area (Å²) in [4.78, 5) is 8.06. The predicted molar refractivity (Wildman–Crippen MR) is 69.3 cm³/mol. The summed E-state index contributed by atoms with van der Waals surface area (Å²) in [6.45, 7) is 0. The van der Waals surface area contributed by atoms with Crippen LogP contribution in [-0.2, 0) is 0 Å². The van der Waals surface area contributed by atoms with Crippen molar-refractivity contribution in [1.29, 1.82) is 0 Å². The molecule has 100 valence electrons. The van der Waals surface area contributed by atoms with Gasteiger partial charge in [-0.3, -0.25) is 0 Å². The molecular formula is C14H8F3N3. The zero-order valence-corrected chi connectivity index (χ0v) is 10.1. The lowest BCUT2D eigenvalue weighted by atomic mass is 10.1. The normalized spacial score (nSPS) is 10.9. The van der Waals surface area contributed by atoms with Crippen LogP contribution in [0, 0.1) is 17.5 Å². The Morgan fingerprint density at radius 2 is 1.60 bits per heavy atom. The van der Waals surface area contributed by atoms with Crippen molar-refractivity contribution in [2.75, 3.05) is 5.73 Å². The first-order chi connectivity index (χ1) is 9.58. The van der Waals surface area contributed by atoms with Crippen LogP contribution in [0.4, 0.5) is 19.0 Å². The van der Waals surface area contributed by atoms with Gasteiger partial charge in [-0.2, -0.15) is 0 Å². The van der Waals surface area contributed by atoms with E-state index in [1.54, 1.807) is 24.3 Å². The molecule has 0 saturated heterocycles. The van der Waals surface area contributed by atoms with Crippen LogP contribution in [0.1, 0.15) is 0 Å². The third-order valence-electron chi connectivity index (χ3n) is 2.91. The number of fused-ring (bicyclic) bond motifs is 1. The molecule has 0 aliphatic heterocycles. The predicted octanol–water partition coefficient (Wildman–Crippen LogP) is 3.30. The third-order valence-corrected chi connectivity index (χ3v) is 2.91. The van der Waals surface area contributed by atoms with Crippen molar-refractivity contribution in [3.05, 3.63) is 53.8 Å². The van der Waals surface area contributed by atoms with E-state index in [1.165, 1.54) is 0 Å². The highest BCUT2D eigenvalue weighted by Crippen LogP contribution is 2.26. The van der Waals surface area contributed by atoms with Crippen LogP contribution in [-0.4, -0.2) is 9.97 Å². The highest BCUT2D eigenvalue weighted by atomic mass is 19.2. The van der Waals surface area contributed by atoms with Gasteiger partial charge in [0, 0.05) is 5.39 Å². The minimum Gasteiger partial charge on any atom is -0.383 e. The lowest BCUT2D eigenvalue weighted by Crippen LogP contribution is -2.01. The maximum atomic E-state index is 13.7. The van der Waals surface area contributed by atoms with Gasteiger partial charge in [-0.1, -0.05) is 12.1 Å². The van der Waals surface area contributed by atoms with E-state index in [0.717, 1.165) is 12.1 Å². The highest BCUT2D eigenvalue weighted by molar-refractivity contribution is 5.89. The molecule has 1 aromatic heterocycles. The first-order valence-corrected chi connectivity index (χ1v) is 5.74. The molecule has 2 N–H and O–H groups in total. The first kappa shape index (κ1) is 12.4. The number of halogens is 3.